The zero-order valence-electron chi connectivity index (χ0n) is 17.9. The molecule has 7 nitrogen and oxygen atoms in total. The van der Waals surface area contributed by atoms with Gasteiger partial charge in [-0.05, 0) is 47.5 Å². The molecule has 2 aromatic carbocycles. The summed E-state index contributed by atoms with van der Waals surface area (Å²) < 4.78 is 30.9. The predicted molar refractivity (Wildman–Crippen MR) is 122 cm³/mol. The van der Waals surface area contributed by atoms with E-state index in [-0.39, 0.29) is 47.0 Å². The predicted octanol–water partition coefficient (Wildman–Crippen LogP) is 3.24. The van der Waals surface area contributed by atoms with Gasteiger partial charge >= 0.3 is 5.97 Å². The third-order valence-electron chi connectivity index (χ3n) is 4.47. The molecule has 176 valence electrons. The molecule has 1 heterocycles. The summed E-state index contributed by atoms with van der Waals surface area (Å²) in [7, 11) is 0. The van der Waals surface area contributed by atoms with Gasteiger partial charge in [-0.1, -0.05) is 36.0 Å². The topological polar surface area (TPSA) is 97.4 Å². The van der Waals surface area contributed by atoms with Crippen LogP contribution in [0.3, 0.4) is 0 Å². The average Bonchev–Trinajstić information content (AvgIpc) is 2.85. The van der Waals surface area contributed by atoms with Crippen molar-refractivity contribution in [2.24, 2.45) is 0 Å². The van der Waals surface area contributed by atoms with Crippen LogP contribution in [-0.2, 0) is 27.4 Å². The van der Waals surface area contributed by atoms with Gasteiger partial charge < -0.3 is 15.4 Å². The zero-order chi connectivity index (χ0) is 24.3. The van der Waals surface area contributed by atoms with Gasteiger partial charge in [0.25, 0.3) is 5.91 Å². The molecule has 0 unspecified atom stereocenters. The van der Waals surface area contributed by atoms with E-state index in [1.807, 2.05) is 0 Å². The summed E-state index contributed by atoms with van der Waals surface area (Å²) in [6.45, 7) is -0.0985. The lowest BCUT2D eigenvalue weighted by Crippen LogP contribution is -2.28. The van der Waals surface area contributed by atoms with E-state index in [0.717, 1.165) is 17.3 Å². The van der Waals surface area contributed by atoms with Crippen LogP contribution >= 0.6 is 11.8 Å². The number of amides is 2. The van der Waals surface area contributed by atoms with Crippen LogP contribution in [0.2, 0.25) is 0 Å². The minimum absolute atomic E-state index is 0.00333. The lowest BCUT2D eigenvalue weighted by Gasteiger charge is -2.09. The first-order chi connectivity index (χ1) is 16.4. The SMILES string of the molecule is O=C(COC(=O)c1cccnc1SCC(=O)NCc1ccc(F)cc1)NCc1ccc(F)cc1. The summed E-state index contributed by atoms with van der Waals surface area (Å²) in [5, 5.41) is 5.57. The monoisotopic (exact) mass is 485 g/mol. The first-order valence-electron chi connectivity index (χ1n) is 10.2. The third-order valence-corrected chi connectivity index (χ3v) is 5.48. The Balaban J connectivity index is 1.45. The van der Waals surface area contributed by atoms with E-state index in [2.05, 4.69) is 15.6 Å². The van der Waals surface area contributed by atoms with E-state index in [0.29, 0.717) is 5.56 Å². The van der Waals surface area contributed by atoms with Crippen LogP contribution in [0.5, 0.6) is 0 Å². The molecule has 0 aliphatic rings. The van der Waals surface area contributed by atoms with Crippen LogP contribution in [0.25, 0.3) is 0 Å². The van der Waals surface area contributed by atoms with Gasteiger partial charge in [0.15, 0.2) is 6.61 Å². The molecule has 2 N–H and O–H groups in total. The molecule has 0 radical (unpaired) electrons. The van der Waals surface area contributed by atoms with E-state index >= 15 is 0 Å². The van der Waals surface area contributed by atoms with Gasteiger partial charge in [-0.15, -0.1) is 0 Å². The fraction of sp³-hybridized carbons (Fsp3) is 0.167. The van der Waals surface area contributed by atoms with Gasteiger partial charge in [-0.25, -0.2) is 18.6 Å². The number of benzene rings is 2. The smallest absolute Gasteiger partial charge is 0.341 e. The molecule has 3 aromatic rings. The Morgan fingerprint density at radius 1 is 0.824 bits per heavy atom. The number of pyridine rings is 1. The van der Waals surface area contributed by atoms with Crippen molar-refractivity contribution in [3.8, 4) is 0 Å². The van der Waals surface area contributed by atoms with E-state index in [1.165, 1.54) is 48.7 Å². The van der Waals surface area contributed by atoms with Crippen molar-refractivity contribution in [3.05, 3.63) is 95.2 Å². The number of nitrogens with zero attached hydrogens (tertiary/aromatic N) is 1. The highest BCUT2D eigenvalue weighted by molar-refractivity contribution is 8.00. The molecule has 0 saturated heterocycles. The Bertz CT molecular complexity index is 1140. The minimum Gasteiger partial charge on any atom is -0.452 e. The van der Waals surface area contributed by atoms with Crippen LogP contribution < -0.4 is 10.6 Å². The number of thioether (sulfide) groups is 1. The van der Waals surface area contributed by atoms with Gasteiger partial charge in [0.1, 0.15) is 16.7 Å². The highest BCUT2D eigenvalue weighted by atomic mass is 32.2. The fourth-order valence-electron chi connectivity index (χ4n) is 2.71. The van der Waals surface area contributed by atoms with Crippen LogP contribution in [0.4, 0.5) is 8.78 Å². The number of aromatic nitrogens is 1. The molecule has 1 aromatic heterocycles. The van der Waals surface area contributed by atoms with Gasteiger partial charge in [0, 0.05) is 19.3 Å². The van der Waals surface area contributed by atoms with Crippen molar-refractivity contribution in [2.45, 2.75) is 18.1 Å². The molecule has 0 saturated carbocycles. The summed E-state index contributed by atoms with van der Waals surface area (Å²) in [5.41, 5.74) is 1.58. The van der Waals surface area contributed by atoms with Gasteiger partial charge in [-0.3, -0.25) is 9.59 Å². The molecule has 0 spiro atoms. The first kappa shape index (κ1) is 24.8. The summed E-state index contributed by atoms with van der Waals surface area (Å²) in [4.78, 5) is 40.7. The lowest BCUT2D eigenvalue weighted by molar-refractivity contribution is -0.124. The number of ether oxygens (including phenoxy) is 1. The highest BCUT2D eigenvalue weighted by Gasteiger charge is 2.17. The second-order valence-corrected chi connectivity index (χ2v) is 7.99. The molecule has 0 aliphatic carbocycles. The summed E-state index contributed by atoms with van der Waals surface area (Å²) >= 11 is 1.05. The van der Waals surface area contributed by atoms with Crippen molar-refractivity contribution in [1.82, 2.24) is 15.6 Å². The van der Waals surface area contributed by atoms with Crippen molar-refractivity contribution in [1.29, 1.82) is 0 Å². The van der Waals surface area contributed by atoms with Gasteiger partial charge in [-0.2, -0.15) is 0 Å². The van der Waals surface area contributed by atoms with E-state index in [4.69, 9.17) is 4.74 Å². The highest BCUT2D eigenvalue weighted by Crippen LogP contribution is 2.20. The van der Waals surface area contributed by atoms with Crippen LogP contribution in [0.15, 0.2) is 71.9 Å². The van der Waals surface area contributed by atoms with E-state index in [1.54, 1.807) is 18.2 Å². The van der Waals surface area contributed by atoms with Crippen molar-refractivity contribution < 1.29 is 27.9 Å². The Kier molecular flexibility index (Phi) is 9.10. The number of nitrogens with one attached hydrogen (secondary N) is 2. The Morgan fingerprint density at radius 3 is 1.97 bits per heavy atom. The molecule has 0 aliphatic heterocycles. The lowest BCUT2D eigenvalue weighted by atomic mass is 10.2. The normalized spacial score (nSPS) is 10.4. The minimum atomic E-state index is -0.751. The molecule has 0 fully saturated rings. The van der Waals surface area contributed by atoms with E-state index in [9.17, 15) is 23.2 Å². The molecular weight excluding hydrogens is 464 g/mol. The van der Waals surface area contributed by atoms with E-state index < -0.39 is 18.5 Å². The average molecular weight is 486 g/mol. The number of rotatable bonds is 10. The van der Waals surface area contributed by atoms with Crippen LogP contribution in [-0.4, -0.2) is 35.1 Å². The second-order valence-electron chi connectivity index (χ2n) is 7.03. The van der Waals surface area contributed by atoms with Crippen molar-refractivity contribution in [3.63, 3.8) is 0 Å². The third kappa shape index (κ3) is 7.96. The first-order valence-corrected chi connectivity index (χ1v) is 11.2. The Hall–Kier alpha value is -3.79. The number of halogens is 2. The van der Waals surface area contributed by atoms with Gasteiger partial charge in [0.2, 0.25) is 5.91 Å². The molecule has 0 bridgehead atoms. The number of hydrogen-bond donors (Lipinski definition) is 2. The van der Waals surface area contributed by atoms with Crippen LogP contribution in [0, 0.1) is 11.6 Å². The Morgan fingerprint density at radius 2 is 1.38 bits per heavy atom. The van der Waals surface area contributed by atoms with Crippen molar-refractivity contribution in [2.75, 3.05) is 12.4 Å². The number of carbonyl (C=O) groups is 3. The molecule has 3 rings (SSSR count). The maximum atomic E-state index is 12.9. The molecule has 10 heteroatoms. The quantitative estimate of drug-likeness (QED) is 0.338. The summed E-state index contributed by atoms with van der Waals surface area (Å²) in [6.07, 6.45) is 1.48. The fourth-order valence-corrected chi connectivity index (χ4v) is 3.52. The Labute approximate surface area is 198 Å². The maximum absolute atomic E-state index is 12.9. The molecule has 34 heavy (non-hydrogen) atoms. The van der Waals surface area contributed by atoms with Gasteiger partial charge in [0.05, 0.1) is 11.3 Å². The standard InChI is InChI=1S/C24H21F2N3O4S/c25-18-7-3-16(4-8-18)12-28-21(30)14-33-24(32)20-2-1-11-27-23(20)34-15-22(31)29-13-17-5-9-19(26)10-6-17/h1-11H,12-15H2,(H,28,30)(H,29,31). The summed E-state index contributed by atoms with van der Waals surface area (Å²) in [5.74, 6) is -2.30. The second kappa shape index (κ2) is 12.4. The number of esters is 1. The number of carbonyl (C=O) groups excluding carboxylic acids is 3. The van der Waals surface area contributed by atoms with Crippen molar-refractivity contribution >= 4 is 29.5 Å². The molecule has 0 atom stereocenters. The zero-order valence-corrected chi connectivity index (χ0v) is 18.7. The molecular formula is C24H21F2N3O4S. The largest absolute Gasteiger partial charge is 0.452 e. The van der Waals surface area contributed by atoms with Crippen LogP contribution in [0.1, 0.15) is 21.5 Å². The molecule has 2 amide bonds. The summed E-state index contributed by atoms with van der Waals surface area (Å²) in [6, 6.07) is 14.5. The number of hydrogen-bond acceptors (Lipinski definition) is 6. The maximum Gasteiger partial charge on any atom is 0.341 e.